The fourth-order valence-electron chi connectivity index (χ4n) is 1.41. The SMILES string of the molecule is Cc1cn[nH]c1NC(=O)C1CNCCO1. The predicted molar refractivity (Wildman–Crippen MR) is 54.6 cm³/mol. The minimum absolute atomic E-state index is 0.144. The van der Waals surface area contributed by atoms with Gasteiger partial charge in [0.05, 0.1) is 12.8 Å². The van der Waals surface area contributed by atoms with E-state index >= 15 is 0 Å². The molecule has 1 unspecified atom stereocenters. The molecule has 1 amide bonds. The quantitative estimate of drug-likeness (QED) is 0.623. The molecule has 0 bridgehead atoms. The van der Waals surface area contributed by atoms with Gasteiger partial charge in [-0.3, -0.25) is 9.89 Å². The molecule has 6 nitrogen and oxygen atoms in total. The van der Waals surface area contributed by atoms with Gasteiger partial charge in [0.15, 0.2) is 0 Å². The number of ether oxygens (including phenoxy) is 1. The number of hydrogen-bond acceptors (Lipinski definition) is 4. The molecule has 0 radical (unpaired) electrons. The summed E-state index contributed by atoms with van der Waals surface area (Å²) < 4.78 is 5.32. The van der Waals surface area contributed by atoms with Crippen molar-refractivity contribution in [2.24, 2.45) is 0 Å². The minimum atomic E-state index is -0.415. The molecule has 6 heteroatoms. The van der Waals surface area contributed by atoms with Gasteiger partial charge in [-0.25, -0.2) is 0 Å². The maximum Gasteiger partial charge on any atom is 0.255 e. The van der Waals surface area contributed by atoms with Crippen LogP contribution in [0.4, 0.5) is 5.82 Å². The van der Waals surface area contributed by atoms with Gasteiger partial charge in [0.1, 0.15) is 11.9 Å². The summed E-state index contributed by atoms with van der Waals surface area (Å²) >= 11 is 0. The molecule has 0 saturated carbocycles. The molecule has 1 aromatic heterocycles. The summed E-state index contributed by atoms with van der Waals surface area (Å²) in [6.07, 6.45) is 1.25. The summed E-state index contributed by atoms with van der Waals surface area (Å²) in [6, 6.07) is 0. The van der Waals surface area contributed by atoms with Crippen molar-refractivity contribution in [3.63, 3.8) is 0 Å². The van der Waals surface area contributed by atoms with E-state index in [1.54, 1.807) is 6.20 Å². The molecule has 1 fully saturated rings. The summed E-state index contributed by atoms with van der Waals surface area (Å²) in [7, 11) is 0. The second-order valence-corrected chi connectivity index (χ2v) is 3.48. The Labute approximate surface area is 87.4 Å². The lowest BCUT2D eigenvalue weighted by molar-refractivity contribution is -0.128. The van der Waals surface area contributed by atoms with Gasteiger partial charge < -0.3 is 15.4 Å². The van der Waals surface area contributed by atoms with E-state index in [4.69, 9.17) is 4.74 Å². The fourth-order valence-corrected chi connectivity index (χ4v) is 1.41. The number of amides is 1. The maximum atomic E-state index is 11.7. The second-order valence-electron chi connectivity index (χ2n) is 3.48. The number of hydrogen-bond donors (Lipinski definition) is 3. The normalized spacial score (nSPS) is 21.3. The third-order valence-electron chi connectivity index (χ3n) is 2.30. The van der Waals surface area contributed by atoms with Crippen LogP contribution < -0.4 is 10.6 Å². The molecule has 2 rings (SSSR count). The molecule has 1 aliphatic rings. The Bertz CT molecular complexity index is 344. The van der Waals surface area contributed by atoms with Crippen LogP contribution in [0.5, 0.6) is 0 Å². The van der Waals surface area contributed by atoms with Crippen LogP contribution in [0.15, 0.2) is 6.20 Å². The second kappa shape index (κ2) is 4.41. The number of aryl methyl sites for hydroxylation is 1. The molecule has 1 saturated heterocycles. The van der Waals surface area contributed by atoms with Crippen LogP contribution in [-0.4, -0.2) is 41.9 Å². The number of aromatic amines is 1. The van der Waals surface area contributed by atoms with Gasteiger partial charge in [0, 0.05) is 18.7 Å². The van der Waals surface area contributed by atoms with E-state index in [1.165, 1.54) is 0 Å². The van der Waals surface area contributed by atoms with Crippen molar-refractivity contribution in [3.05, 3.63) is 11.8 Å². The van der Waals surface area contributed by atoms with E-state index in [-0.39, 0.29) is 5.91 Å². The Kier molecular flexibility index (Phi) is 2.98. The monoisotopic (exact) mass is 210 g/mol. The lowest BCUT2D eigenvalue weighted by atomic mass is 10.3. The van der Waals surface area contributed by atoms with Crippen LogP contribution in [0.3, 0.4) is 0 Å². The average molecular weight is 210 g/mol. The highest BCUT2D eigenvalue weighted by molar-refractivity contribution is 5.94. The first-order valence-electron chi connectivity index (χ1n) is 4.90. The van der Waals surface area contributed by atoms with Crippen LogP contribution in [0.2, 0.25) is 0 Å². The van der Waals surface area contributed by atoms with E-state index < -0.39 is 6.10 Å². The standard InChI is InChI=1S/C9H14N4O2/c1-6-4-11-13-8(6)12-9(14)7-5-10-2-3-15-7/h4,7,10H,2-3,5H2,1H3,(H2,11,12,13,14). The molecular formula is C9H14N4O2. The van der Waals surface area contributed by atoms with E-state index in [0.717, 1.165) is 12.1 Å². The van der Waals surface area contributed by atoms with Gasteiger partial charge in [0.25, 0.3) is 5.91 Å². The van der Waals surface area contributed by atoms with Crippen molar-refractivity contribution in [2.75, 3.05) is 25.0 Å². The number of rotatable bonds is 2. The zero-order valence-electron chi connectivity index (χ0n) is 8.54. The Hall–Kier alpha value is -1.40. The zero-order chi connectivity index (χ0) is 10.7. The lowest BCUT2D eigenvalue weighted by Crippen LogP contribution is -2.45. The number of carbonyl (C=O) groups excluding carboxylic acids is 1. The topological polar surface area (TPSA) is 79.0 Å². The first-order chi connectivity index (χ1) is 7.27. The molecular weight excluding hydrogens is 196 g/mol. The summed E-state index contributed by atoms with van der Waals surface area (Å²) in [6.45, 7) is 3.80. The molecule has 1 atom stereocenters. The largest absolute Gasteiger partial charge is 0.366 e. The molecule has 1 aliphatic heterocycles. The summed E-state index contributed by atoms with van der Waals surface area (Å²) in [5, 5.41) is 12.4. The van der Waals surface area contributed by atoms with Crippen LogP contribution >= 0.6 is 0 Å². The zero-order valence-corrected chi connectivity index (χ0v) is 8.54. The number of H-pyrrole nitrogens is 1. The van der Waals surface area contributed by atoms with Gasteiger partial charge >= 0.3 is 0 Å². The Morgan fingerprint density at radius 2 is 2.60 bits per heavy atom. The van der Waals surface area contributed by atoms with E-state index in [9.17, 15) is 4.79 Å². The van der Waals surface area contributed by atoms with Crippen LogP contribution in [0.1, 0.15) is 5.56 Å². The highest BCUT2D eigenvalue weighted by Crippen LogP contribution is 2.09. The third kappa shape index (κ3) is 2.34. The Balaban J connectivity index is 1.94. The highest BCUT2D eigenvalue weighted by Gasteiger charge is 2.22. The van der Waals surface area contributed by atoms with Crippen molar-refractivity contribution < 1.29 is 9.53 Å². The predicted octanol–water partition coefficient (Wildman–Crippen LogP) is -0.355. The van der Waals surface area contributed by atoms with Crippen molar-refractivity contribution in [1.29, 1.82) is 0 Å². The van der Waals surface area contributed by atoms with Crippen molar-refractivity contribution in [2.45, 2.75) is 13.0 Å². The molecule has 0 aliphatic carbocycles. The van der Waals surface area contributed by atoms with Crippen LogP contribution in [-0.2, 0) is 9.53 Å². The molecule has 0 aromatic carbocycles. The minimum Gasteiger partial charge on any atom is -0.366 e. The molecule has 1 aromatic rings. The molecule has 3 N–H and O–H groups in total. The number of morpholine rings is 1. The number of anilines is 1. The molecule has 15 heavy (non-hydrogen) atoms. The third-order valence-corrected chi connectivity index (χ3v) is 2.30. The molecule has 2 heterocycles. The van der Waals surface area contributed by atoms with Gasteiger partial charge in [0.2, 0.25) is 0 Å². The van der Waals surface area contributed by atoms with Crippen molar-refractivity contribution in [1.82, 2.24) is 15.5 Å². The first kappa shape index (κ1) is 10.1. The van der Waals surface area contributed by atoms with E-state index in [2.05, 4.69) is 20.8 Å². The van der Waals surface area contributed by atoms with Gasteiger partial charge in [-0.05, 0) is 6.92 Å². The number of aromatic nitrogens is 2. The summed E-state index contributed by atoms with van der Waals surface area (Å²) in [4.78, 5) is 11.7. The van der Waals surface area contributed by atoms with E-state index in [1.807, 2.05) is 6.92 Å². The molecule has 0 spiro atoms. The Morgan fingerprint density at radius 3 is 3.20 bits per heavy atom. The maximum absolute atomic E-state index is 11.7. The molecule has 82 valence electrons. The first-order valence-corrected chi connectivity index (χ1v) is 4.90. The average Bonchev–Trinajstić information content (AvgIpc) is 2.66. The van der Waals surface area contributed by atoms with Gasteiger partial charge in [-0.2, -0.15) is 5.10 Å². The number of nitrogens with one attached hydrogen (secondary N) is 3. The van der Waals surface area contributed by atoms with Crippen LogP contribution in [0.25, 0.3) is 0 Å². The van der Waals surface area contributed by atoms with Gasteiger partial charge in [-0.1, -0.05) is 0 Å². The van der Waals surface area contributed by atoms with Crippen LogP contribution in [0, 0.1) is 6.92 Å². The smallest absolute Gasteiger partial charge is 0.255 e. The van der Waals surface area contributed by atoms with Gasteiger partial charge in [-0.15, -0.1) is 0 Å². The number of carbonyl (C=O) groups is 1. The Morgan fingerprint density at radius 1 is 1.73 bits per heavy atom. The van der Waals surface area contributed by atoms with E-state index in [0.29, 0.717) is 19.0 Å². The van der Waals surface area contributed by atoms with Crippen molar-refractivity contribution >= 4 is 11.7 Å². The number of nitrogens with zero attached hydrogens (tertiary/aromatic N) is 1. The fraction of sp³-hybridized carbons (Fsp3) is 0.556. The van der Waals surface area contributed by atoms with Crippen molar-refractivity contribution in [3.8, 4) is 0 Å². The highest BCUT2D eigenvalue weighted by atomic mass is 16.5. The summed E-state index contributed by atoms with van der Waals surface area (Å²) in [5.41, 5.74) is 0.909. The summed E-state index contributed by atoms with van der Waals surface area (Å²) in [5.74, 6) is 0.490. The lowest BCUT2D eigenvalue weighted by Gasteiger charge is -2.22.